The van der Waals surface area contributed by atoms with Crippen LogP contribution in [0.25, 0.3) is 0 Å². The summed E-state index contributed by atoms with van der Waals surface area (Å²) in [5, 5.41) is 8.92. The molecule has 0 bridgehead atoms. The fourth-order valence-electron chi connectivity index (χ4n) is 0.954. The molecule has 0 saturated carbocycles. The zero-order valence-corrected chi connectivity index (χ0v) is 8.49. The molecule has 0 heterocycles. The molecular weight excluding hydrogens is 225 g/mol. The molecule has 0 amide bonds. The van der Waals surface area contributed by atoms with E-state index < -0.39 is 12.5 Å². The molecule has 0 aliphatic carbocycles. The first kappa shape index (κ1) is 12.6. The minimum absolute atomic E-state index is 0.0828. The van der Waals surface area contributed by atoms with E-state index in [1.54, 1.807) is 6.92 Å². The number of ether oxygens (including phenoxy) is 2. The maximum Gasteiger partial charge on any atom is 0.573 e. The predicted molar refractivity (Wildman–Crippen MR) is 50.3 cm³/mol. The molecule has 0 unspecified atom stereocenters. The Morgan fingerprint density at radius 2 is 1.69 bits per heavy atom. The molecule has 1 rings (SSSR count). The highest BCUT2D eigenvalue weighted by Gasteiger charge is 2.30. The van der Waals surface area contributed by atoms with Gasteiger partial charge in [-0.15, -0.1) is 13.2 Å². The quantitative estimate of drug-likeness (QED) is 0.872. The van der Waals surface area contributed by atoms with Crippen molar-refractivity contribution in [3.63, 3.8) is 0 Å². The Balaban J connectivity index is 2.54. The van der Waals surface area contributed by atoms with E-state index in [0.717, 1.165) is 12.1 Å². The van der Waals surface area contributed by atoms with Crippen molar-refractivity contribution in [3.05, 3.63) is 24.3 Å². The normalized spacial score (nSPS) is 13.3. The summed E-state index contributed by atoms with van der Waals surface area (Å²) in [6, 6.07) is 4.96. The Hall–Kier alpha value is -1.43. The Labute approximate surface area is 90.4 Å². The summed E-state index contributed by atoms with van der Waals surface area (Å²) in [6.07, 6.45) is -5.33. The maximum absolute atomic E-state index is 11.8. The average Bonchev–Trinajstić information content (AvgIpc) is 2.14. The summed E-state index contributed by atoms with van der Waals surface area (Å²) >= 11 is 0. The van der Waals surface area contributed by atoms with Crippen LogP contribution in [-0.4, -0.2) is 24.2 Å². The summed E-state index contributed by atoms with van der Waals surface area (Å²) < 4.78 is 44.2. The van der Waals surface area contributed by atoms with Gasteiger partial charge in [0.25, 0.3) is 0 Å². The number of alkyl halides is 3. The molecule has 0 fully saturated rings. The summed E-state index contributed by atoms with van der Waals surface area (Å²) in [4.78, 5) is 0. The molecule has 1 aromatic carbocycles. The Morgan fingerprint density at radius 3 is 2.12 bits per heavy atom. The van der Waals surface area contributed by atoms with Crippen LogP contribution in [0.5, 0.6) is 11.5 Å². The lowest BCUT2D eigenvalue weighted by Gasteiger charge is -2.10. The van der Waals surface area contributed by atoms with Crippen molar-refractivity contribution in [2.75, 3.05) is 6.61 Å². The van der Waals surface area contributed by atoms with Crippen molar-refractivity contribution in [2.24, 2.45) is 0 Å². The van der Waals surface area contributed by atoms with E-state index in [-0.39, 0.29) is 12.4 Å². The first-order chi connectivity index (χ1) is 7.37. The van der Waals surface area contributed by atoms with Gasteiger partial charge in [0.15, 0.2) is 0 Å². The van der Waals surface area contributed by atoms with E-state index in [9.17, 15) is 13.2 Å². The van der Waals surface area contributed by atoms with E-state index >= 15 is 0 Å². The second-order valence-electron chi connectivity index (χ2n) is 3.18. The largest absolute Gasteiger partial charge is 0.573 e. The number of halogens is 3. The van der Waals surface area contributed by atoms with Crippen LogP contribution in [-0.2, 0) is 0 Å². The van der Waals surface area contributed by atoms with E-state index in [0.29, 0.717) is 5.75 Å². The second-order valence-corrected chi connectivity index (χ2v) is 3.18. The van der Waals surface area contributed by atoms with Crippen LogP contribution in [0.4, 0.5) is 13.2 Å². The van der Waals surface area contributed by atoms with Crippen LogP contribution < -0.4 is 9.47 Å². The number of aliphatic hydroxyl groups excluding tert-OH is 1. The Bertz CT molecular complexity index is 319. The van der Waals surface area contributed by atoms with Gasteiger partial charge in [0.1, 0.15) is 18.1 Å². The second kappa shape index (κ2) is 5.07. The molecule has 1 atom stereocenters. The minimum atomic E-state index is -4.69. The zero-order chi connectivity index (χ0) is 12.2. The molecule has 3 nitrogen and oxygen atoms in total. The summed E-state index contributed by atoms with van der Waals surface area (Å²) in [5.41, 5.74) is 0. The van der Waals surface area contributed by atoms with E-state index in [1.165, 1.54) is 12.1 Å². The smallest absolute Gasteiger partial charge is 0.491 e. The zero-order valence-electron chi connectivity index (χ0n) is 8.49. The molecule has 0 aliphatic rings. The molecule has 0 spiro atoms. The van der Waals surface area contributed by atoms with Gasteiger partial charge in [0, 0.05) is 0 Å². The standard InChI is InChI=1S/C10H11F3O3/c1-7(14)6-15-8-2-4-9(5-3-8)16-10(11,12)13/h2-5,7,14H,6H2,1H3/t7-/m0/s1. The lowest BCUT2D eigenvalue weighted by Crippen LogP contribution is -2.17. The first-order valence-corrected chi connectivity index (χ1v) is 4.53. The number of rotatable bonds is 4. The molecule has 0 saturated heterocycles. The predicted octanol–water partition coefficient (Wildman–Crippen LogP) is 2.34. The van der Waals surface area contributed by atoms with Crippen LogP contribution in [0.15, 0.2) is 24.3 Å². The van der Waals surface area contributed by atoms with Gasteiger partial charge in [-0.3, -0.25) is 0 Å². The molecule has 6 heteroatoms. The summed E-state index contributed by atoms with van der Waals surface area (Å²) in [6.45, 7) is 1.63. The van der Waals surface area contributed by atoms with Crippen molar-refractivity contribution >= 4 is 0 Å². The molecule has 0 aromatic heterocycles. The maximum atomic E-state index is 11.8. The van der Waals surface area contributed by atoms with E-state index in [1.807, 2.05) is 0 Å². The molecule has 16 heavy (non-hydrogen) atoms. The van der Waals surface area contributed by atoms with Crippen LogP contribution in [0, 0.1) is 0 Å². The van der Waals surface area contributed by atoms with E-state index in [4.69, 9.17) is 9.84 Å². The lowest BCUT2D eigenvalue weighted by atomic mass is 10.3. The van der Waals surface area contributed by atoms with Crippen molar-refractivity contribution in [1.82, 2.24) is 0 Å². The van der Waals surface area contributed by atoms with Crippen LogP contribution in [0.1, 0.15) is 6.92 Å². The monoisotopic (exact) mass is 236 g/mol. The lowest BCUT2D eigenvalue weighted by molar-refractivity contribution is -0.274. The highest BCUT2D eigenvalue weighted by molar-refractivity contribution is 5.31. The van der Waals surface area contributed by atoms with Gasteiger partial charge >= 0.3 is 6.36 Å². The molecule has 1 aromatic rings. The van der Waals surface area contributed by atoms with Gasteiger partial charge in [-0.2, -0.15) is 0 Å². The molecule has 1 N–H and O–H groups in total. The fourth-order valence-corrected chi connectivity index (χ4v) is 0.954. The third kappa shape index (κ3) is 4.88. The minimum Gasteiger partial charge on any atom is -0.491 e. The van der Waals surface area contributed by atoms with Gasteiger partial charge in [-0.1, -0.05) is 0 Å². The summed E-state index contributed by atoms with van der Waals surface area (Å²) in [7, 11) is 0. The third-order valence-corrected chi connectivity index (χ3v) is 1.55. The summed E-state index contributed by atoms with van der Waals surface area (Å²) in [5.74, 6) is 0.0623. The van der Waals surface area contributed by atoms with Gasteiger partial charge in [0.05, 0.1) is 6.10 Å². The van der Waals surface area contributed by atoms with Gasteiger partial charge < -0.3 is 14.6 Å². The number of benzene rings is 1. The Kier molecular flexibility index (Phi) is 4.00. The number of aliphatic hydroxyl groups is 1. The van der Waals surface area contributed by atoms with Crippen LogP contribution in [0.2, 0.25) is 0 Å². The van der Waals surface area contributed by atoms with Gasteiger partial charge in [-0.05, 0) is 31.2 Å². The van der Waals surface area contributed by atoms with E-state index in [2.05, 4.69) is 4.74 Å². The van der Waals surface area contributed by atoms with Crippen molar-refractivity contribution < 1.29 is 27.8 Å². The van der Waals surface area contributed by atoms with Crippen molar-refractivity contribution in [3.8, 4) is 11.5 Å². The Morgan fingerprint density at radius 1 is 1.19 bits per heavy atom. The third-order valence-electron chi connectivity index (χ3n) is 1.55. The van der Waals surface area contributed by atoms with Crippen molar-refractivity contribution in [2.45, 2.75) is 19.4 Å². The van der Waals surface area contributed by atoms with Crippen molar-refractivity contribution in [1.29, 1.82) is 0 Å². The average molecular weight is 236 g/mol. The van der Waals surface area contributed by atoms with Gasteiger partial charge in [0.2, 0.25) is 0 Å². The number of hydrogen-bond donors (Lipinski definition) is 1. The SMILES string of the molecule is C[C@H](O)COc1ccc(OC(F)(F)F)cc1. The fraction of sp³-hybridized carbons (Fsp3) is 0.400. The molecule has 90 valence electrons. The molecule has 0 aliphatic heterocycles. The highest BCUT2D eigenvalue weighted by Crippen LogP contribution is 2.24. The number of hydrogen-bond acceptors (Lipinski definition) is 3. The van der Waals surface area contributed by atoms with Crippen LogP contribution in [0.3, 0.4) is 0 Å². The molecule has 0 radical (unpaired) electrons. The van der Waals surface area contributed by atoms with Gasteiger partial charge in [-0.25, -0.2) is 0 Å². The molecular formula is C10H11F3O3. The van der Waals surface area contributed by atoms with Crippen LogP contribution >= 0.6 is 0 Å². The topological polar surface area (TPSA) is 38.7 Å². The highest BCUT2D eigenvalue weighted by atomic mass is 19.4. The first-order valence-electron chi connectivity index (χ1n) is 4.53.